The van der Waals surface area contributed by atoms with Gasteiger partial charge in [0.05, 0.1) is 14.2 Å². The molecular formula is C11H18BrNO2. The van der Waals surface area contributed by atoms with Crippen LogP contribution in [0, 0.1) is 0 Å². The summed E-state index contributed by atoms with van der Waals surface area (Å²) in [5, 5.41) is 0. The molecule has 0 amide bonds. The summed E-state index contributed by atoms with van der Waals surface area (Å²) in [6, 6.07) is 5.88. The van der Waals surface area contributed by atoms with E-state index < -0.39 is 0 Å². The Bertz CT molecular complexity index is 305. The quantitative estimate of drug-likeness (QED) is 0.918. The third kappa shape index (κ3) is 3.39. The summed E-state index contributed by atoms with van der Waals surface area (Å²) in [5.41, 5.74) is 6.77. The van der Waals surface area contributed by atoms with Gasteiger partial charge in [0.2, 0.25) is 0 Å². The van der Waals surface area contributed by atoms with E-state index in [2.05, 4.69) is 6.92 Å². The lowest BCUT2D eigenvalue weighted by molar-refractivity contribution is 0.354. The van der Waals surface area contributed by atoms with E-state index in [0.717, 1.165) is 11.5 Å². The number of hydrogen-bond acceptors (Lipinski definition) is 3. The van der Waals surface area contributed by atoms with Crippen molar-refractivity contribution in [3.8, 4) is 11.5 Å². The van der Waals surface area contributed by atoms with Gasteiger partial charge in [0.25, 0.3) is 0 Å². The van der Waals surface area contributed by atoms with Crippen molar-refractivity contribution in [2.45, 2.75) is 12.8 Å². The van der Waals surface area contributed by atoms with Crippen molar-refractivity contribution < 1.29 is 9.47 Å². The van der Waals surface area contributed by atoms with Crippen molar-refractivity contribution in [1.82, 2.24) is 0 Å². The first-order valence-electron chi connectivity index (χ1n) is 4.65. The standard InChI is InChI=1S/C11H17NO2.BrH/c1-8(7-12)9-4-5-10(13-2)11(6-9)14-3;/h4-6,8H,7,12H2,1-3H3;1H/t8-;/m1./s1. The van der Waals surface area contributed by atoms with Crippen LogP contribution in [0.3, 0.4) is 0 Å². The van der Waals surface area contributed by atoms with Gasteiger partial charge in [-0.15, -0.1) is 17.0 Å². The predicted octanol–water partition coefficient (Wildman–Crippen LogP) is 2.34. The number of halogens is 1. The van der Waals surface area contributed by atoms with Crippen LogP contribution in [-0.2, 0) is 0 Å². The summed E-state index contributed by atoms with van der Waals surface area (Å²) in [4.78, 5) is 0. The maximum Gasteiger partial charge on any atom is 0.160 e. The Balaban J connectivity index is 0.00000196. The zero-order valence-electron chi connectivity index (χ0n) is 9.32. The van der Waals surface area contributed by atoms with Crippen molar-refractivity contribution in [1.29, 1.82) is 0 Å². The fourth-order valence-electron chi connectivity index (χ4n) is 1.30. The summed E-state index contributed by atoms with van der Waals surface area (Å²) < 4.78 is 10.4. The lowest BCUT2D eigenvalue weighted by Crippen LogP contribution is -2.08. The van der Waals surface area contributed by atoms with E-state index in [1.807, 2.05) is 18.2 Å². The Kier molecular flexibility index (Phi) is 6.36. The highest BCUT2D eigenvalue weighted by Crippen LogP contribution is 2.30. The summed E-state index contributed by atoms with van der Waals surface area (Å²) >= 11 is 0. The molecule has 2 N–H and O–H groups in total. The molecule has 1 aromatic rings. The fraction of sp³-hybridized carbons (Fsp3) is 0.455. The Morgan fingerprint density at radius 2 is 1.80 bits per heavy atom. The number of hydrogen-bond donors (Lipinski definition) is 1. The second-order valence-electron chi connectivity index (χ2n) is 3.25. The van der Waals surface area contributed by atoms with Crippen LogP contribution in [0.5, 0.6) is 11.5 Å². The highest BCUT2D eigenvalue weighted by molar-refractivity contribution is 8.93. The lowest BCUT2D eigenvalue weighted by atomic mass is 10.0. The molecule has 4 heteroatoms. The van der Waals surface area contributed by atoms with E-state index in [4.69, 9.17) is 15.2 Å². The second-order valence-corrected chi connectivity index (χ2v) is 3.25. The molecule has 0 radical (unpaired) electrons. The van der Waals surface area contributed by atoms with Crippen LogP contribution in [-0.4, -0.2) is 20.8 Å². The molecule has 0 saturated carbocycles. The predicted molar refractivity (Wildman–Crippen MR) is 67.3 cm³/mol. The zero-order chi connectivity index (χ0) is 10.6. The molecule has 1 rings (SSSR count). The van der Waals surface area contributed by atoms with Crippen LogP contribution < -0.4 is 15.2 Å². The number of nitrogens with two attached hydrogens (primary N) is 1. The van der Waals surface area contributed by atoms with E-state index >= 15 is 0 Å². The third-order valence-corrected chi connectivity index (χ3v) is 2.33. The summed E-state index contributed by atoms with van der Waals surface area (Å²) in [6.45, 7) is 2.72. The molecule has 0 spiro atoms. The smallest absolute Gasteiger partial charge is 0.160 e. The number of methoxy groups -OCH3 is 2. The number of rotatable bonds is 4. The van der Waals surface area contributed by atoms with Gasteiger partial charge < -0.3 is 15.2 Å². The van der Waals surface area contributed by atoms with Gasteiger partial charge in [-0.25, -0.2) is 0 Å². The van der Waals surface area contributed by atoms with Gasteiger partial charge in [0.1, 0.15) is 0 Å². The van der Waals surface area contributed by atoms with Crippen LogP contribution in [0.1, 0.15) is 18.4 Å². The highest BCUT2D eigenvalue weighted by Gasteiger charge is 2.08. The molecule has 0 saturated heterocycles. The van der Waals surface area contributed by atoms with Crippen molar-refractivity contribution in [2.75, 3.05) is 20.8 Å². The molecule has 0 aliphatic rings. The Morgan fingerprint density at radius 1 is 1.20 bits per heavy atom. The molecule has 15 heavy (non-hydrogen) atoms. The first-order chi connectivity index (χ1) is 6.72. The van der Waals surface area contributed by atoms with E-state index in [9.17, 15) is 0 Å². The van der Waals surface area contributed by atoms with Gasteiger partial charge in [-0.05, 0) is 30.2 Å². The third-order valence-electron chi connectivity index (χ3n) is 2.33. The van der Waals surface area contributed by atoms with E-state index in [1.54, 1.807) is 14.2 Å². The Morgan fingerprint density at radius 3 is 2.27 bits per heavy atom. The van der Waals surface area contributed by atoms with Crippen LogP contribution in [0.25, 0.3) is 0 Å². The molecule has 0 aliphatic heterocycles. The first-order valence-corrected chi connectivity index (χ1v) is 4.65. The molecule has 0 fully saturated rings. The van der Waals surface area contributed by atoms with Crippen LogP contribution in [0.15, 0.2) is 18.2 Å². The van der Waals surface area contributed by atoms with Crippen LogP contribution in [0.4, 0.5) is 0 Å². The highest BCUT2D eigenvalue weighted by atomic mass is 79.9. The van der Waals surface area contributed by atoms with Gasteiger partial charge in [-0.2, -0.15) is 0 Å². The molecular weight excluding hydrogens is 258 g/mol. The largest absolute Gasteiger partial charge is 0.493 e. The van der Waals surface area contributed by atoms with Gasteiger partial charge >= 0.3 is 0 Å². The normalized spacial score (nSPS) is 11.5. The van der Waals surface area contributed by atoms with Gasteiger partial charge in [-0.1, -0.05) is 13.0 Å². The molecule has 0 heterocycles. The Hall–Kier alpha value is -0.740. The van der Waals surface area contributed by atoms with Crippen LogP contribution >= 0.6 is 17.0 Å². The second kappa shape index (κ2) is 6.69. The molecule has 0 aromatic heterocycles. The lowest BCUT2D eigenvalue weighted by Gasteiger charge is -2.12. The maximum atomic E-state index is 5.59. The van der Waals surface area contributed by atoms with Crippen molar-refractivity contribution in [2.24, 2.45) is 5.73 Å². The van der Waals surface area contributed by atoms with E-state index in [-0.39, 0.29) is 17.0 Å². The molecule has 0 bridgehead atoms. The zero-order valence-corrected chi connectivity index (χ0v) is 11.0. The van der Waals surface area contributed by atoms with Gasteiger partial charge in [-0.3, -0.25) is 0 Å². The number of ether oxygens (including phenoxy) is 2. The molecule has 1 atom stereocenters. The fourth-order valence-corrected chi connectivity index (χ4v) is 1.30. The van der Waals surface area contributed by atoms with Crippen LogP contribution in [0.2, 0.25) is 0 Å². The summed E-state index contributed by atoms with van der Waals surface area (Å²) in [7, 11) is 3.26. The van der Waals surface area contributed by atoms with Crippen molar-refractivity contribution >= 4 is 17.0 Å². The monoisotopic (exact) mass is 275 g/mol. The summed E-state index contributed by atoms with van der Waals surface area (Å²) in [5.74, 6) is 1.85. The minimum Gasteiger partial charge on any atom is -0.493 e. The molecule has 1 aromatic carbocycles. The molecule has 0 aliphatic carbocycles. The number of benzene rings is 1. The minimum absolute atomic E-state index is 0. The van der Waals surface area contributed by atoms with Gasteiger partial charge in [0.15, 0.2) is 11.5 Å². The van der Waals surface area contributed by atoms with E-state index in [1.165, 1.54) is 5.56 Å². The topological polar surface area (TPSA) is 44.5 Å². The molecule has 86 valence electrons. The van der Waals surface area contributed by atoms with E-state index in [0.29, 0.717) is 12.5 Å². The minimum atomic E-state index is 0. The van der Waals surface area contributed by atoms with Crippen molar-refractivity contribution in [3.63, 3.8) is 0 Å². The van der Waals surface area contributed by atoms with Gasteiger partial charge in [0, 0.05) is 0 Å². The summed E-state index contributed by atoms with van der Waals surface area (Å²) in [6.07, 6.45) is 0. The van der Waals surface area contributed by atoms with Crippen molar-refractivity contribution in [3.05, 3.63) is 23.8 Å². The SMILES string of the molecule is Br.COc1ccc([C@H](C)CN)cc1OC. The molecule has 3 nitrogen and oxygen atoms in total. The Labute approximate surface area is 101 Å². The maximum absolute atomic E-state index is 5.59. The average molecular weight is 276 g/mol. The molecule has 0 unspecified atom stereocenters. The first kappa shape index (κ1) is 14.3. The average Bonchev–Trinajstić information content (AvgIpc) is 2.26.